The van der Waals surface area contributed by atoms with Crippen LogP contribution in [0.5, 0.6) is 5.75 Å². The zero-order chi connectivity index (χ0) is 16.7. The summed E-state index contributed by atoms with van der Waals surface area (Å²) < 4.78 is 11.3. The van der Waals surface area contributed by atoms with E-state index in [0.717, 1.165) is 32.2 Å². The molecule has 5 heteroatoms. The molecular weight excluding hydrogens is 292 g/mol. The third kappa shape index (κ3) is 5.43. The molecule has 1 aliphatic rings. The van der Waals surface area contributed by atoms with Crippen molar-refractivity contribution in [3.63, 3.8) is 0 Å². The number of anilines is 1. The summed E-state index contributed by atoms with van der Waals surface area (Å²) in [6, 6.07) is 7.46. The molecule has 23 heavy (non-hydrogen) atoms. The van der Waals surface area contributed by atoms with Gasteiger partial charge in [-0.2, -0.15) is 0 Å². The highest BCUT2D eigenvalue weighted by Gasteiger charge is 2.30. The van der Waals surface area contributed by atoms with Crippen molar-refractivity contribution in [2.24, 2.45) is 5.92 Å². The zero-order valence-electron chi connectivity index (χ0n) is 14.4. The maximum absolute atomic E-state index is 12.2. The lowest BCUT2D eigenvalue weighted by molar-refractivity contribution is 0.0780. The average Bonchev–Trinajstić information content (AvgIpc) is 2.92. The average molecular weight is 320 g/mol. The van der Waals surface area contributed by atoms with Crippen LogP contribution in [0.3, 0.4) is 0 Å². The number of nitrogens with one attached hydrogen (secondary N) is 1. The fourth-order valence-electron chi connectivity index (χ4n) is 3.02. The first kappa shape index (κ1) is 17.6. The Labute approximate surface area is 139 Å². The Bertz CT molecular complexity index is 505. The first-order valence-electron chi connectivity index (χ1n) is 8.44. The second-order valence-corrected chi connectivity index (χ2v) is 6.37. The summed E-state index contributed by atoms with van der Waals surface area (Å²) >= 11 is 0. The van der Waals surface area contributed by atoms with Crippen LogP contribution in [0.25, 0.3) is 0 Å². The smallest absolute Gasteiger partial charge is 0.412 e. The van der Waals surface area contributed by atoms with Crippen LogP contribution in [-0.4, -0.2) is 44.3 Å². The number of ether oxygens (including phenoxy) is 2. The van der Waals surface area contributed by atoms with E-state index >= 15 is 0 Å². The highest BCUT2D eigenvalue weighted by molar-refractivity contribution is 5.86. The molecule has 1 saturated carbocycles. The van der Waals surface area contributed by atoms with E-state index in [1.807, 2.05) is 24.3 Å². The van der Waals surface area contributed by atoms with Crippen molar-refractivity contribution < 1.29 is 14.3 Å². The second-order valence-electron chi connectivity index (χ2n) is 6.37. The summed E-state index contributed by atoms with van der Waals surface area (Å²) in [5, 5.41) is 2.82. The zero-order valence-corrected chi connectivity index (χ0v) is 14.4. The highest BCUT2D eigenvalue weighted by Crippen LogP contribution is 2.30. The van der Waals surface area contributed by atoms with E-state index < -0.39 is 6.09 Å². The first-order valence-corrected chi connectivity index (χ1v) is 8.44. The molecule has 0 unspecified atom stereocenters. The van der Waals surface area contributed by atoms with Crippen molar-refractivity contribution in [3.8, 4) is 5.75 Å². The van der Waals surface area contributed by atoms with Gasteiger partial charge >= 0.3 is 6.09 Å². The number of carbonyl (C=O) groups excluding carboxylic acids is 1. The molecule has 1 amide bonds. The maximum atomic E-state index is 12.2. The van der Waals surface area contributed by atoms with Crippen LogP contribution in [0.15, 0.2) is 24.3 Å². The van der Waals surface area contributed by atoms with Crippen molar-refractivity contribution >= 4 is 11.8 Å². The molecule has 0 spiro atoms. The summed E-state index contributed by atoms with van der Waals surface area (Å²) in [5.74, 6) is 1.10. The van der Waals surface area contributed by atoms with Crippen LogP contribution < -0.4 is 10.1 Å². The van der Waals surface area contributed by atoms with Crippen LogP contribution in [-0.2, 0) is 4.74 Å². The summed E-state index contributed by atoms with van der Waals surface area (Å²) in [5.41, 5.74) is 0.660. The van der Waals surface area contributed by atoms with Gasteiger partial charge < -0.3 is 14.4 Å². The fourth-order valence-corrected chi connectivity index (χ4v) is 3.02. The van der Waals surface area contributed by atoms with E-state index in [2.05, 4.69) is 31.2 Å². The monoisotopic (exact) mass is 320 g/mol. The molecule has 0 saturated heterocycles. The van der Waals surface area contributed by atoms with Crippen molar-refractivity contribution in [1.29, 1.82) is 0 Å². The Morgan fingerprint density at radius 2 is 2.09 bits per heavy atom. The minimum Gasteiger partial charge on any atom is -0.491 e. The molecule has 1 aromatic rings. The van der Waals surface area contributed by atoms with Gasteiger partial charge in [-0.1, -0.05) is 19.1 Å². The first-order chi connectivity index (χ1) is 11.1. The highest BCUT2D eigenvalue weighted by atomic mass is 16.6. The largest absolute Gasteiger partial charge is 0.491 e. The molecule has 1 fully saturated rings. The molecule has 1 N–H and O–H groups in total. The molecule has 0 heterocycles. The molecule has 0 bridgehead atoms. The molecule has 0 radical (unpaired) electrons. The normalized spacial score (nSPS) is 20.5. The van der Waals surface area contributed by atoms with Gasteiger partial charge in [0.1, 0.15) is 11.9 Å². The number of hydrogen-bond acceptors (Lipinski definition) is 4. The number of rotatable bonds is 7. The van der Waals surface area contributed by atoms with Gasteiger partial charge in [0.15, 0.2) is 0 Å². The van der Waals surface area contributed by atoms with Crippen molar-refractivity contribution in [2.75, 3.05) is 32.6 Å². The van der Waals surface area contributed by atoms with Gasteiger partial charge in [0, 0.05) is 12.5 Å². The molecular formula is C18H28N2O3. The van der Waals surface area contributed by atoms with Gasteiger partial charge in [-0.3, -0.25) is 5.32 Å². The Hall–Kier alpha value is -1.75. The van der Waals surface area contributed by atoms with Crippen LogP contribution in [0.2, 0.25) is 0 Å². The van der Waals surface area contributed by atoms with E-state index in [-0.39, 0.29) is 6.10 Å². The van der Waals surface area contributed by atoms with Gasteiger partial charge in [0.05, 0.1) is 12.3 Å². The molecule has 5 nitrogen and oxygen atoms in total. The van der Waals surface area contributed by atoms with E-state index in [9.17, 15) is 4.79 Å². The summed E-state index contributed by atoms with van der Waals surface area (Å²) in [6.45, 7) is 3.63. The maximum Gasteiger partial charge on any atom is 0.412 e. The third-order valence-corrected chi connectivity index (χ3v) is 4.03. The lowest BCUT2D eigenvalue weighted by atomic mass is 10.1. The lowest BCUT2D eigenvalue weighted by Gasteiger charge is -2.23. The lowest BCUT2D eigenvalue weighted by Crippen LogP contribution is -2.31. The summed E-state index contributed by atoms with van der Waals surface area (Å²) in [4.78, 5) is 14.4. The minimum atomic E-state index is -0.395. The van der Waals surface area contributed by atoms with E-state index in [4.69, 9.17) is 9.47 Å². The number of amides is 1. The number of hydrogen-bond donors (Lipinski definition) is 1. The molecule has 1 aliphatic carbocycles. The summed E-state index contributed by atoms with van der Waals surface area (Å²) in [6.07, 6.45) is 3.71. The third-order valence-electron chi connectivity index (χ3n) is 4.03. The minimum absolute atomic E-state index is 0.00104. The Morgan fingerprint density at radius 3 is 2.83 bits per heavy atom. The molecule has 0 aromatic heterocycles. The van der Waals surface area contributed by atoms with E-state index in [1.165, 1.54) is 0 Å². The Morgan fingerprint density at radius 1 is 1.30 bits per heavy atom. The van der Waals surface area contributed by atoms with Crippen LogP contribution >= 0.6 is 0 Å². The Kier molecular flexibility index (Phi) is 6.71. The Balaban J connectivity index is 1.92. The second kappa shape index (κ2) is 8.77. The van der Waals surface area contributed by atoms with Crippen molar-refractivity contribution in [3.05, 3.63) is 24.3 Å². The van der Waals surface area contributed by atoms with Crippen LogP contribution in [0.4, 0.5) is 10.5 Å². The van der Waals surface area contributed by atoms with Gasteiger partial charge in [-0.25, -0.2) is 4.79 Å². The van der Waals surface area contributed by atoms with Gasteiger partial charge in [0.2, 0.25) is 0 Å². The predicted molar refractivity (Wildman–Crippen MR) is 92.0 cm³/mol. The predicted octanol–water partition coefficient (Wildman–Crippen LogP) is 3.75. The van der Waals surface area contributed by atoms with E-state index in [0.29, 0.717) is 24.0 Å². The topological polar surface area (TPSA) is 50.8 Å². The fraction of sp³-hybridized carbons (Fsp3) is 0.611. The number of para-hydroxylation sites is 2. The quantitative estimate of drug-likeness (QED) is 0.831. The summed E-state index contributed by atoms with van der Waals surface area (Å²) in [7, 11) is 4.10. The standard InChI is InChI=1S/C18H28N2O3/c1-4-12-22-17-10-6-5-9-15(17)19-18(21)23-16-11-7-8-14(16)13-20(2)3/h5-6,9-10,14,16H,4,7-8,11-13H2,1-3H3,(H,19,21)/t14-,16-/m1/s1. The SMILES string of the molecule is CCCOc1ccccc1NC(=O)O[C@@H]1CCC[C@@H]1CN(C)C. The van der Waals surface area contributed by atoms with Crippen LogP contribution in [0.1, 0.15) is 32.6 Å². The van der Waals surface area contributed by atoms with E-state index in [1.54, 1.807) is 0 Å². The molecule has 2 rings (SSSR count). The van der Waals surface area contributed by atoms with Gasteiger partial charge in [0.25, 0.3) is 0 Å². The molecule has 1 aromatic carbocycles. The number of nitrogens with zero attached hydrogens (tertiary/aromatic N) is 1. The van der Waals surface area contributed by atoms with Crippen molar-refractivity contribution in [1.82, 2.24) is 4.90 Å². The number of carbonyl (C=O) groups is 1. The molecule has 0 aliphatic heterocycles. The van der Waals surface area contributed by atoms with Gasteiger partial charge in [-0.05, 0) is 51.9 Å². The van der Waals surface area contributed by atoms with Gasteiger partial charge in [-0.15, -0.1) is 0 Å². The molecule has 128 valence electrons. The van der Waals surface area contributed by atoms with Crippen LogP contribution in [0, 0.1) is 5.92 Å². The molecule has 2 atom stereocenters. The van der Waals surface area contributed by atoms with Crippen molar-refractivity contribution in [2.45, 2.75) is 38.7 Å². The number of benzene rings is 1.